The molecule has 2 N–H and O–H groups in total. The lowest BCUT2D eigenvalue weighted by molar-refractivity contribution is -0.114. The number of aromatic nitrogens is 2. The molecule has 0 bridgehead atoms. The van der Waals surface area contributed by atoms with Crippen LogP contribution in [0.25, 0.3) is 5.69 Å². The highest BCUT2D eigenvalue weighted by molar-refractivity contribution is 6.42. The molecule has 0 saturated carbocycles. The van der Waals surface area contributed by atoms with E-state index >= 15 is 0 Å². The summed E-state index contributed by atoms with van der Waals surface area (Å²) in [6.07, 6.45) is 0.361. The van der Waals surface area contributed by atoms with Crippen molar-refractivity contribution in [1.29, 1.82) is 0 Å². The molecule has 3 aromatic rings. The average Bonchev–Trinajstić information content (AvgIpc) is 2.81. The predicted octanol–water partition coefficient (Wildman–Crippen LogP) is 4.91. The monoisotopic (exact) mass is 527 g/mol. The van der Waals surface area contributed by atoms with E-state index in [4.69, 9.17) is 28.2 Å². The van der Waals surface area contributed by atoms with E-state index in [0.717, 1.165) is 0 Å². The van der Waals surface area contributed by atoms with Crippen LogP contribution < -0.4 is 16.2 Å². The number of carbonyl (C=O) groups excluding carboxylic acids is 2. The van der Waals surface area contributed by atoms with Gasteiger partial charge in [0.05, 0.1) is 28.0 Å². The summed E-state index contributed by atoms with van der Waals surface area (Å²) in [5.74, 6) is 0.00799. The van der Waals surface area contributed by atoms with Gasteiger partial charge in [0.2, 0.25) is 11.9 Å². The molecule has 1 atom stereocenters. The van der Waals surface area contributed by atoms with E-state index < -0.39 is 0 Å². The molecule has 36 heavy (non-hydrogen) atoms. The molecule has 188 valence electrons. The van der Waals surface area contributed by atoms with Crippen LogP contribution in [0.3, 0.4) is 0 Å². The summed E-state index contributed by atoms with van der Waals surface area (Å²) in [4.78, 5) is 44.9. The highest BCUT2D eigenvalue weighted by Gasteiger charge is 2.32. The molecule has 2 aromatic carbocycles. The van der Waals surface area contributed by atoms with Crippen LogP contribution in [-0.2, 0) is 17.8 Å². The number of rotatable bonds is 5. The quantitative estimate of drug-likeness (QED) is 0.491. The van der Waals surface area contributed by atoms with Gasteiger partial charge in [-0.05, 0) is 69.7 Å². The zero-order valence-electron chi connectivity index (χ0n) is 20.4. The third-order valence-electron chi connectivity index (χ3n) is 5.91. The topological polar surface area (TPSA) is 96.3 Å². The Hall–Kier alpha value is -3.36. The molecule has 1 aliphatic rings. The minimum absolute atomic E-state index is 0.0105. The lowest BCUT2D eigenvalue weighted by atomic mass is 9.98. The fraction of sp³-hybridized carbons (Fsp3) is 0.308. The fourth-order valence-corrected chi connectivity index (χ4v) is 4.52. The fourth-order valence-electron chi connectivity index (χ4n) is 4.22. The normalized spacial score (nSPS) is 15.0. The molecule has 1 aromatic heterocycles. The number of carbonyl (C=O) groups is 2. The molecule has 0 spiro atoms. The van der Waals surface area contributed by atoms with Crippen LogP contribution in [0.15, 0.2) is 47.3 Å². The van der Waals surface area contributed by atoms with Crippen molar-refractivity contribution in [2.75, 3.05) is 10.6 Å². The molecule has 4 rings (SSSR count). The van der Waals surface area contributed by atoms with Gasteiger partial charge in [-0.25, -0.2) is 9.55 Å². The second-order valence-electron chi connectivity index (χ2n) is 9.14. The first kappa shape index (κ1) is 25.7. The maximum atomic E-state index is 13.7. The molecule has 0 fully saturated rings. The predicted molar refractivity (Wildman–Crippen MR) is 142 cm³/mol. The zero-order chi connectivity index (χ0) is 26.1. The van der Waals surface area contributed by atoms with Crippen molar-refractivity contribution in [3.05, 3.63) is 79.7 Å². The molecule has 10 heteroatoms. The first-order chi connectivity index (χ1) is 17.0. The minimum Gasteiger partial charge on any atom is -0.353 e. The number of hydrogen-bond acceptors (Lipinski definition) is 5. The summed E-state index contributed by atoms with van der Waals surface area (Å²) >= 11 is 12.1. The largest absolute Gasteiger partial charge is 0.353 e. The maximum absolute atomic E-state index is 13.7. The van der Waals surface area contributed by atoms with Gasteiger partial charge in [0.1, 0.15) is 0 Å². The number of halogens is 2. The summed E-state index contributed by atoms with van der Waals surface area (Å²) < 4.78 is 1.54. The van der Waals surface area contributed by atoms with Gasteiger partial charge in [0.25, 0.3) is 11.5 Å². The number of hydrogen-bond donors (Lipinski definition) is 2. The number of benzene rings is 2. The zero-order valence-corrected chi connectivity index (χ0v) is 21.9. The molecule has 8 nitrogen and oxygen atoms in total. The van der Waals surface area contributed by atoms with Crippen LogP contribution in [0.4, 0.5) is 11.6 Å². The van der Waals surface area contributed by atoms with E-state index in [-0.39, 0.29) is 36.0 Å². The van der Waals surface area contributed by atoms with Crippen LogP contribution in [0.1, 0.15) is 49.3 Å². The number of fused-ring (bicyclic) bond motifs is 1. The van der Waals surface area contributed by atoms with Gasteiger partial charge in [-0.2, -0.15) is 0 Å². The van der Waals surface area contributed by atoms with Crippen LogP contribution in [-0.4, -0.2) is 38.3 Å². The second-order valence-corrected chi connectivity index (χ2v) is 9.96. The van der Waals surface area contributed by atoms with Crippen LogP contribution in [0.5, 0.6) is 0 Å². The molecule has 2 amide bonds. The van der Waals surface area contributed by atoms with E-state index in [9.17, 15) is 14.4 Å². The van der Waals surface area contributed by atoms with Crippen molar-refractivity contribution in [2.45, 2.75) is 52.7 Å². The Bertz CT molecular complexity index is 1390. The molecule has 0 aliphatic carbocycles. The lowest BCUT2D eigenvalue weighted by Crippen LogP contribution is -2.46. The Balaban J connectivity index is 1.74. The number of anilines is 2. The van der Waals surface area contributed by atoms with Gasteiger partial charge >= 0.3 is 0 Å². The molecular weight excluding hydrogens is 501 g/mol. The maximum Gasteiger partial charge on any atom is 0.263 e. The molecule has 1 aliphatic heterocycles. The Labute approximate surface area is 219 Å². The minimum atomic E-state index is -0.228. The first-order valence-electron chi connectivity index (χ1n) is 11.6. The van der Waals surface area contributed by atoms with Crippen molar-refractivity contribution in [3.63, 3.8) is 0 Å². The molecular formula is C26H27Cl2N5O3. The first-order valence-corrected chi connectivity index (χ1v) is 12.4. The van der Waals surface area contributed by atoms with E-state index in [2.05, 4.69) is 10.6 Å². The Morgan fingerprint density at radius 2 is 1.78 bits per heavy atom. The third kappa shape index (κ3) is 5.24. The molecule has 0 unspecified atom stereocenters. The Morgan fingerprint density at radius 3 is 2.39 bits per heavy atom. The van der Waals surface area contributed by atoms with E-state index in [1.54, 1.807) is 51.9 Å². The van der Waals surface area contributed by atoms with Crippen LogP contribution >= 0.6 is 23.2 Å². The van der Waals surface area contributed by atoms with Gasteiger partial charge in [-0.1, -0.05) is 23.2 Å². The van der Waals surface area contributed by atoms with E-state index in [1.807, 2.05) is 20.8 Å². The average molecular weight is 528 g/mol. The summed E-state index contributed by atoms with van der Waals surface area (Å²) in [6, 6.07) is 11.6. The van der Waals surface area contributed by atoms with Crippen molar-refractivity contribution in [1.82, 2.24) is 14.5 Å². The Morgan fingerprint density at radius 1 is 1.08 bits per heavy atom. The summed E-state index contributed by atoms with van der Waals surface area (Å²) in [7, 11) is 0. The summed E-state index contributed by atoms with van der Waals surface area (Å²) in [5.41, 5.74) is 2.61. The van der Waals surface area contributed by atoms with Gasteiger partial charge in [0, 0.05) is 35.8 Å². The number of nitrogens with zero attached hydrogens (tertiary/aromatic N) is 3. The summed E-state index contributed by atoms with van der Waals surface area (Å²) in [6.45, 7) is 7.45. The van der Waals surface area contributed by atoms with Gasteiger partial charge in [-0.3, -0.25) is 14.4 Å². The van der Waals surface area contributed by atoms with Gasteiger partial charge < -0.3 is 15.5 Å². The molecule has 2 heterocycles. The lowest BCUT2D eigenvalue weighted by Gasteiger charge is -2.34. The van der Waals surface area contributed by atoms with Gasteiger partial charge in [0.15, 0.2) is 0 Å². The van der Waals surface area contributed by atoms with Gasteiger partial charge in [-0.15, -0.1) is 0 Å². The standard InChI is InChI=1S/C26H27Cl2N5O3/c1-14(2)29-26-31-23-13-32(24(35)17-5-10-21(27)22(28)12-17)15(3)11-20(23)25(36)33(26)19-8-6-18(7-9-19)30-16(4)34/h5-10,12,14-15H,11,13H2,1-4H3,(H,29,31)(H,30,34)/t15-/m1/s1. The number of amides is 2. The van der Waals surface area contributed by atoms with Crippen molar-refractivity contribution >= 4 is 46.7 Å². The SMILES string of the molecule is CC(=O)Nc1ccc(-n2c(NC(C)C)nc3c(c2=O)C[C@@H](C)N(C(=O)c2ccc(Cl)c(Cl)c2)C3)cc1. The second kappa shape index (κ2) is 10.3. The van der Waals surface area contributed by atoms with Crippen LogP contribution in [0.2, 0.25) is 10.0 Å². The van der Waals surface area contributed by atoms with Crippen molar-refractivity contribution in [2.24, 2.45) is 0 Å². The highest BCUT2D eigenvalue weighted by Crippen LogP contribution is 2.27. The highest BCUT2D eigenvalue weighted by atomic mass is 35.5. The Kier molecular flexibility index (Phi) is 7.38. The number of nitrogens with one attached hydrogen (secondary N) is 2. The smallest absolute Gasteiger partial charge is 0.263 e. The van der Waals surface area contributed by atoms with Crippen molar-refractivity contribution in [3.8, 4) is 5.69 Å². The van der Waals surface area contributed by atoms with E-state index in [0.29, 0.717) is 50.6 Å². The summed E-state index contributed by atoms with van der Waals surface area (Å²) in [5, 5.41) is 6.67. The molecule has 0 saturated heterocycles. The third-order valence-corrected chi connectivity index (χ3v) is 6.64. The molecule has 0 radical (unpaired) electrons. The van der Waals surface area contributed by atoms with Crippen molar-refractivity contribution < 1.29 is 9.59 Å². The van der Waals surface area contributed by atoms with E-state index in [1.165, 1.54) is 6.92 Å². The van der Waals surface area contributed by atoms with Crippen LogP contribution in [0, 0.1) is 0 Å².